The van der Waals surface area contributed by atoms with Gasteiger partial charge in [-0.05, 0) is 6.92 Å². The number of ether oxygens (including phenoxy) is 1. The standard InChI is InChI=1S/C7H11O2/c1-3-7-6(8)4-5(2)9-7/h3,5-8H,1-2,4H2/t5-,6+,7+/m1/s1. The van der Waals surface area contributed by atoms with Crippen LogP contribution in [0.15, 0.2) is 12.7 Å². The minimum Gasteiger partial charge on any atom is -0.390 e. The maximum Gasteiger partial charge on any atom is 0.102 e. The molecule has 0 aromatic heterocycles. The third kappa shape index (κ3) is 1.32. The van der Waals surface area contributed by atoms with Gasteiger partial charge in [0.05, 0.1) is 12.2 Å². The number of rotatable bonds is 1. The van der Waals surface area contributed by atoms with Crippen molar-refractivity contribution in [1.82, 2.24) is 0 Å². The first-order valence-corrected chi connectivity index (χ1v) is 3.03. The minimum atomic E-state index is -0.398. The first kappa shape index (κ1) is 6.78. The molecule has 1 fully saturated rings. The molecule has 1 aliphatic heterocycles. The maximum atomic E-state index is 9.12. The Labute approximate surface area is 55.1 Å². The molecule has 2 nitrogen and oxygen atoms in total. The van der Waals surface area contributed by atoms with Crippen LogP contribution in [0.4, 0.5) is 0 Å². The third-order valence-electron chi connectivity index (χ3n) is 1.47. The highest BCUT2D eigenvalue weighted by molar-refractivity contribution is 4.93. The lowest BCUT2D eigenvalue weighted by atomic mass is 10.1. The summed E-state index contributed by atoms with van der Waals surface area (Å²) in [5.41, 5.74) is 0. The van der Waals surface area contributed by atoms with E-state index in [1.807, 2.05) is 0 Å². The Morgan fingerprint density at radius 1 is 1.67 bits per heavy atom. The molecule has 1 aliphatic rings. The Hall–Kier alpha value is -0.340. The van der Waals surface area contributed by atoms with Crippen LogP contribution in [0.1, 0.15) is 6.42 Å². The first-order chi connectivity index (χ1) is 4.24. The van der Waals surface area contributed by atoms with E-state index in [4.69, 9.17) is 9.84 Å². The van der Waals surface area contributed by atoms with E-state index in [9.17, 15) is 0 Å². The van der Waals surface area contributed by atoms with Crippen molar-refractivity contribution < 1.29 is 9.84 Å². The summed E-state index contributed by atoms with van der Waals surface area (Å²) in [6.07, 6.45) is 1.56. The maximum absolute atomic E-state index is 9.12. The molecule has 1 saturated heterocycles. The van der Waals surface area contributed by atoms with Gasteiger partial charge in [0, 0.05) is 6.42 Å². The van der Waals surface area contributed by atoms with Crippen LogP contribution in [0.2, 0.25) is 0 Å². The van der Waals surface area contributed by atoms with E-state index in [1.54, 1.807) is 6.08 Å². The van der Waals surface area contributed by atoms with Gasteiger partial charge in [-0.25, -0.2) is 0 Å². The number of aliphatic hydroxyl groups excluding tert-OH is 1. The van der Waals surface area contributed by atoms with Crippen molar-refractivity contribution in [3.8, 4) is 0 Å². The quantitative estimate of drug-likeness (QED) is 0.520. The summed E-state index contributed by atoms with van der Waals surface area (Å²) in [5.74, 6) is 0. The van der Waals surface area contributed by atoms with Gasteiger partial charge in [-0.1, -0.05) is 6.08 Å². The average molecular weight is 127 g/mol. The molecule has 1 heterocycles. The Morgan fingerprint density at radius 2 is 2.33 bits per heavy atom. The summed E-state index contributed by atoms with van der Waals surface area (Å²) < 4.78 is 5.14. The van der Waals surface area contributed by atoms with Crippen molar-refractivity contribution >= 4 is 0 Å². The van der Waals surface area contributed by atoms with Crippen LogP contribution in [-0.2, 0) is 4.74 Å². The summed E-state index contributed by atoms with van der Waals surface area (Å²) >= 11 is 0. The fourth-order valence-electron chi connectivity index (χ4n) is 0.985. The summed E-state index contributed by atoms with van der Waals surface area (Å²) in [5, 5.41) is 9.12. The topological polar surface area (TPSA) is 29.5 Å². The molecule has 0 aromatic rings. The second-order valence-corrected chi connectivity index (χ2v) is 2.26. The molecule has 0 spiro atoms. The monoisotopic (exact) mass is 127 g/mol. The summed E-state index contributed by atoms with van der Waals surface area (Å²) in [7, 11) is 0. The molecule has 2 heteroatoms. The van der Waals surface area contributed by atoms with Crippen molar-refractivity contribution in [2.45, 2.75) is 24.7 Å². The number of hydrogen-bond donors (Lipinski definition) is 1. The zero-order valence-corrected chi connectivity index (χ0v) is 5.29. The highest BCUT2D eigenvalue weighted by Crippen LogP contribution is 2.19. The van der Waals surface area contributed by atoms with Crippen molar-refractivity contribution in [1.29, 1.82) is 0 Å². The number of hydrogen-bond acceptors (Lipinski definition) is 2. The zero-order chi connectivity index (χ0) is 6.85. The first-order valence-electron chi connectivity index (χ1n) is 3.03. The van der Waals surface area contributed by atoms with E-state index in [2.05, 4.69) is 13.5 Å². The molecule has 0 saturated carbocycles. The lowest BCUT2D eigenvalue weighted by Gasteiger charge is -2.06. The minimum absolute atomic E-state index is 0.0667. The van der Waals surface area contributed by atoms with Gasteiger partial charge in [0.1, 0.15) is 6.10 Å². The van der Waals surface area contributed by atoms with E-state index >= 15 is 0 Å². The summed E-state index contributed by atoms with van der Waals surface area (Å²) in [6, 6.07) is 0. The summed E-state index contributed by atoms with van der Waals surface area (Å²) in [4.78, 5) is 0. The lowest BCUT2D eigenvalue weighted by molar-refractivity contribution is 0.0553. The SMILES string of the molecule is [CH2][C@@H]1C[C@H](O)[C@H](C=C)O1. The molecule has 3 atom stereocenters. The van der Waals surface area contributed by atoms with E-state index in [0.717, 1.165) is 0 Å². The molecule has 1 rings (SSSR count). The fourth-order valence-corrected chi connectivity index (χ4v) is 0.985. The molecule has 0 aliphatic carbocycles. The van der Waals surface area contributed by atoms with Crippen LogP contribution in [-0.4, -0.2) is 23.4 Å². The van der Waals surface area contributed by atoms with Gasteiger partial charge in [-0.2, -0.15) is 0 Å². The number of aliphatic hydroxyl groups is 1. The molecule has 9 heavy (non-hydrogen) atoms. The predicted octanol–water partition coefficient (Wildman–Crippen LogP) is 0.525. The molecule has 0 bridgehead atoms. The predicted molar refractivity (Wildman–Crippen MR) is 34.8 cm³/mol. The van der Waals surface area contributed by atoms with E-state index in [0.29, 0.717) is 6.42 Å². The van der Waals surface area contributed by atoms with Gasteiger partial charge in [0.2, 0.25) is 0 Å². The molecule has 0 aromatic carbocycles. The lowest BCUT2D eigenvalue weighted by Crippen LogP contribution is -2.16. The molecule has 0 unspecified atom stereocenters. The summed E-state index contributed by atoms with van der Waals surface area (Å²) in [6.45, 7) is 7.17. The molecular weight excluding hydrogens is 116 g/mol. The van der Waals surface area contributed by atoms with Crippen LogP contribution >= 0.6 is 0 Å². The van der Waals surface area contributed by atoms with Crippen molar-refractivity contribution in [2.24, 2.45) is 0 Å². The molecule has 1 N–H and O–H groups in total. The van der Waals surface area contributed by atoms with Crippen LogP contribution in [0.5, 0.6) is 0 Å². The van der Waals surface area contributed by atoms with Crippen LogP contribution in [0, 0.1) is 6.92 Å². The zero-order valence-electron chi connectivity index (χ0n) is 5.29. The fraction of sp³-hybridized carbons (Fsp3) is 0.571. The van der Waals surface area contributed by atoms with Crippen LogP contribution < -0.4 is 0 Å². The smallest absolute Gasteiger partial charge is 0.102 e. The largest absolute Gasteiger partial charge is 0.390 e. The highest BCUT2D eigenvalue weighted by atomic mass is 16.5. The van der Waals surface area contributed by atoms with Gasteiger partial charge < -0.3 is 9.84 Å². The second-order valence-electron chi connectivity index (χ2n) is 2.26. The third-order valence-corrected chi connectivity index (χ3v) is 1.47. The van der Waals surface area contributed by atoms with E-state index < -0.39 is 6.10 Å². The molecular formula is C7H11O2. The molecule has 0 amide bonds. The Balaban J connectivity index is 2.47. The average Bonchev–Trinajstić information content (AvgIpc) is 2.10. The molecule has 51 valence electrons. The van der Waals surface area contributed by atoms with Crippen LogP contribution in [0.25, 0.3) is 0 Å². The van der Waals surface area contributed by atoms with Gasteiger partial charge in [-0.15, -0.1) is 6.58 Å². The van der Waals surface area contributed by atoms with Gasteiger partial charge >= 0.3 is 0 Å². The Morgan fingerprint density at radius 3 is 2.56 bits per heavy atom. The van der Waals surface area contributed by atoms with Crippen molar-refractivity contribution in [3.63, 3.8) is 0 Å². The van der Waals surface area contributed by atoms with Gasteiger partial charge in [0.25, 0.3) is 0 Å². The van der Waals surface area contributed by atoms with Crippen LogP contribution in [0.3, 0.4) is 0 Å². The Bertz CT molecular complexity index is 111. The Kier molecular flexibility index (Phi) is 1.88. The van der Waals surface area contributed by atoms with Crippen molar-refractivity contribution in [3.05, 3.63) is 19.6 Å². The van der Waals surface area contributed by atoms with Gasteiger partial charge in [0.15, 0.2) is 0 Å². The van der Waals surface area contributed by atoms with E-state index in [1.165, 1.54) is 0 Å². The van der Waals surface area contributed by atoms with E-state index in [-0.39, 0.29) is 12.2 Å². The normalized spacial score (nSPS) is 43.1. The highest BCUT2D eigenvalue weighted by Gasteiger charge is 2.28. The van der Waals surface area contributed by atoms with Crippen molar-refractivity contribution in [2.75, 3.05) is 0 Å². The van der Waals surface area contributed by atoms with Gasteiger partial charge in [-0.3, -0.25) is 0 Å². The molecule has 1 radical (unpaired) electrons. The second kappa shape index (κ2) is 2.50.